The minimum atomic E-state index is -0.604. The standard InChI is InChI=1S/C14H22N2O2/c1-10-5-7-12(8-6-10)11(2)16(3)14(17)13(15)9-18-4/h5-8,11,13H,9,15H2,1-4H3. The number of hydrogen-bond acceptors (Lipinski definition) is 3. The lowest BCUT2D eigenvalue weighted by Crippen LogP contribution is -2.45. The molecule has 0 fully saturated rings. The fourth-order valence-electron chi connectivity index (χ4n) is 1.77. The lowest BCUT2D eigenvalue weighted by Gasteiger charge is -2.27. The number of carbonyl (C=O) groups excluding carboxylic acids is 1. The minimum absolute atomic E-state index is 0.000932. The number of rotatable bonds is 5. The Morgan fingerprint density at radius 2 is 1.94 bits per heavy atom. The van der Waals surface area contributed by atoms with E-state index < -0.39 is 6.04 Å². The first-order valence-electron chi connectivity index (χ1n) is 6.05. The lowest BCUT2D eigenvalue weighted by atomic mass is 10.0. The van der Waals surface area contributed by atoms with Crippen LogP contribution in [-0.2, 0) is 9.53 Å². The molecule has 2 unspecified atom stereocenters. The van der Waals surface area contributed by atoms with Gasteiger partial charge in [0.2, 0.25) is 5.91 Å². The van der Waals surface area contributed by atoms with Crippen molar-refractivity contribution in [3.05, 3.63) is 35.4 Å². The Morgan fingerprint density at radius 1 is 1.39 bits per heavy atom. The Bertz CT molecular complexity index is 389. The predicted octanol–water partition coefficient (Wildman–Crippen LogP) is 1.49. The Labute approximate surface area is 109 Å². The molecule has 100 valence electrons. The maximum absolute atomic E-state index is 12.0. The van der Waals surface area contributed by atoms with Gasteiger partial charge in [0, 0.05) is 14.2 Å². The summed E-state index contributed by atoms with van der Waals surface area (Å²) >= 11 is 0. The fraction of sp³-hybridized carbons (Fsp3) is 0.500. The molecule has 0 aliphatic heterocycles. The van der Waals surface area contributed by atoms with Gasteiger partial charge in [-0.2, -0.15) is 0 Å². The first-order valence-corrected chi connectivity index (χ1v) is 6.05. The number of nitrogens with two attached hydrogens (primary N) is 1. The Hall–Kier alpha value is -1.39. The molecule has 2 atom stereocenters. The van der Waals surface area contributed by atoms with Crippen molar-refractivity contribution in [1.29, 1.82) is 0 Å². The number of methoxy groups -OCH3 is 1. The first kappa shape index (κ1) is 14.7. The fourth-order valence-corrected chi connectivity index (χ4v) is 1.77. The van der Waals surface area contributed by atoms with Crippen LogP contribution in [0.3, 0.4) is 0 Å². The number of carbonyl (C=O) groups is 1. The van der Waals surface area contributed by atoms with Crippen molar-refractivity contribution < 1.29 is 9.53 Å². The molecule has 1 rings (SSSR count). The van der Waals surface area contributed by atoms with E-state index in [0.29, 0.717) is 0 Å². The molecule has 0 radical (unpaired) electrons. The molecule has 18 heavy (non-hydrogen) atoms. The topological polar surface area (TPSA) is 55.6 Å². The first-order chi connectivity index (χ1) is 8.47. The number of hydrogen-bond donors (Lipinski definition) is 1. The van der Waals surface area contributed by atoms with Gasteiger partial charge < -0.3 is 15.4 Å². The van der Waals surface area contributed by atoms with Crippen molar-refractivity contribution in [2.24, 2.45) is 5.73 Å². The number of ether oxygens (including phenoxy) is 1. The molecular weight excluding hydrogens is 228 g/mol. The number of nitrogens with zero attached hydrogens (tertiary/aromatic N) is 1. The maximum atomic E-state index is 12.0. The minimum Gasteiger partial charge on any atom is -0.383 e. The Balaban J connectivity index is 2.74. The van der Waals surface area contributed by atoms with Crippen LogP contribution in [-0.4, -0.2) is 37.6 Å². The van der Waals surface area contributed by atoms with Gasteiger partial charge in [-0.25, -0.2) is 0 Å². The van der Waals surface area contributed by atoms with Crippen LogP contribution in [0.1, 0.15) is 24.1 Å². The lowest BCUT2D eigenvalue weighted by molar-refractivity contribution is -0.134. The summed E-state index contributed by atoms with van der Waals surface area (Å²) in [6, 6.07) is 7.55. The maximum Gasteiger partial charge on any atom is 0.242 e. The van der Waals surface area contributed by atoms with E-state index in [0.717, 1.165) is 5.56 Å². The summed E-state index contributed by atoms with van der Waals surface area (Å²) in [7, 11) is 3.30. The number of likely N-dealkylation sites (N-methyl/N-ethyl adjacent to an activating group) is 1. The van der Waals surface area contributed by atoms with E-state index in [1.165, 1.54) is 12.7 Å². The van der Waals surface area contributed by atoms with Crippen LogP contribution in [0, 0.1) is 6.92 Å². The van der Waals surface area contributed by atoms with Crippen LogP contribution in [0.15, 0.2) is 24.3 Å². The number of benzene rings is 1. The monoisotopic (exact) mass is 250 g/mol. The third kappa shape index (κ3) is 3.55. The van der Waals surface area contributed by atoms with Gasteiger partial charge in [0.1, 0.15) is 6.04 Å². The zero-order valence-corrected chi connectivity index (χ0v) is 11.5. The summed E-state index contributed by atoms with van der Waals surface area (Å²) < 4.78 is 4.90. The zero-order valence-electron chi connectivity index (χ0n) is 11.5. The zero-order chi connectivity index (χ0) is 13.7. The highest BCUT2D eigenvalue weighted by Gasteiger charge is 2.22. The summed E-state index contributed by atoms with van der Waals surface area (Å²) in [5, 5.41) is 0. The summed E-state index contributed by atoms with van der Waals surface area (Å²) in [5.74, 6) is -0.107. The second kappa shape index (κ2) is 6.52. The van der Waals surface area contributed by atoms with Crippen LogP contribution in [0.4, 0.5) is 0 Å². The van der Waals surface area contributed by atoms with E-state index >= 15 is 0 Å². The van der Waals surface area contributed by atoms with Gasteiger partial charge >= 0.3 is 0 Å². The van der Waals surface area contributed by atoms with Crippen molar-refractivity contribution >= 4 is 5.91 Å². The second-order valence-corrected chi connectivity index (χ2v) is 4.60. The highest BCUT2D eigenvalue weighted by Crippen LogP contribution is 2.19. The van der Waals surface area contributed by atoms with Gasteiger partial charge in [0.25, 0.3) is 0 Å². The highest BCUT2D eigenvalue weighted by atomic mass is 16.5. The molecule has 0 heterocycles. The van der Waals surface area contributed by atoms with E-state index in [2.05, 4.69) is 0 Å². The average Bonchev–Trinajstić information content (AvgIpc) is 2.37. The molecule has 2 N–H and O–H groups in total. The van der Waals surface area contributed by atoms with E-state index in [9.17, 15) is 4.79 Å². The van der Waals surface area contributed by atoms with Crippen LogP contribution < -0.4 is 5.73 Å². The smallest absolute Gasteiger partial charge is 0.242 e. The summed E-state index contributed by atoms with van der Waals surface area (Å²) in [5.41, 5.74) is 8.06. The van der Waals surface area contributed by atoms with E-state index in [-0.39, 0.29) is 18.6 Å². The molecule has 0 aliphatic rings. The van der Waals surface area contributed by atoms with Crippen LogP contribution in [0.5, 0.6) is 0 Å². The molecule has 0 aliphatic carbocycles. The SMILES string of the molecule is COCC(N)C(=O)N(C)C(C)c1ccc(C)cc1. The van der Waals surface area contributed by atoms with Gasteiger partial charge in [-0.05, 0) is 19.4 Å². The molecule has 0 bridgehead atoms. The van der Waals surface area contributed by atoms with Crippen LogP contribution in [0.2, 0.25) is 0 Å². The summed E-state index contributed by atoms with van der Waals surface area (Å²) in [4.78, 5) is 13.7. The van der Waals surface area contributed by atoms with Crippen molar-refractivity contribution in [1.82, 2.24) is 4.90 Å². The summed E-state index contributed by atoms with van der Waals surface area (Å²) in [6.45, 7) is 4.27. The van der Waals surface area contributed by atoms with Crippen molar-refractivity contribution in [3.8, 4) is 0 Å². The molecule has 1 amide bonds. The Morgan fingerprint density at radius 3 is 2.44 bits per heavy atom. The Kier molecular flexibility index (Phi) is 5.31. The third-order valence-electron chi connectivity index (χ3n) is 3.15. The molecule has 1 aromatic rings. The number of aryl methyl sites for hydroxylation is 1. The van der Waals surface area contributed by atoms with Gasteiger partial charge in [0.05, 0.1) is 12.6 Å². The van der Waals surface area contributed by atoms with E-state index in [4.69, 9.17) is 10.5 Å². The molecule has 4 heteroatoms. The summed E-state index contributed by atoms with van der Waals surface area (Å²) in [6.07, 6.45) is 0. The quantitative estimate of drug-likeness (QED) is 0.861. The van der Waals surface area contributed by atoms with Crippen molar-refractivity contribution in [2.45, 2.75) is 25.9 Å². The molecule has 0 aromatic heterocycles. The normalized spacial score (nSPS) is 14.1. The van der Waals surface area contributed by atoms with E-state index in [1.807, 2.05) is 38.1 Å². The predicted molar refractivity (Wildman–Crippen MR) is 72.2 cm³/mol. The molecule has 0 spiro atoms. The van der Waals surface area contributed by atoms with Gasteiger partial charge in [-0.1, -0.05) is 29.8 Å². The third-order valence-corrected chi connectivity index (χ3v) is 3.15. The second-order valence-electron chi connectivity index (χ2n) is 4.60. The van der Waals surface area contributed by atoms with Gasteiger partial charge in [-0.15, -0.1) is 0 Å². The van der Waals surface area contributed by atoms with Crippen LogP contribution in [0.25, 0.3) is 0 Å². The molecule has 0 saturated carbocycles. The number of amides is 1. The highest BCUT2D eigenvalue weighted by molar-refractivity contribution is 5.82. The van der Waals surface area contributed by atoms with Crippen molar-refractivity contribution in [2.75, 3.05) is 20.8 Å². The molecule has 0 saturated heterocycles. The van der Waals surface area contributed by atoms with E-state index in [1.54, 1.807) is 11.9 Å². The largest absolute Gasteiger partial charge is 0.383 e. The van der Waals surface area contributed by atoms with Crippen LogP contribution >= 0.6 is 0 Å². The van der Waals surface area contributed by atoms with Gasteiger partial charge in [0.15, 0.2) is 0 Å². The van der Waals surface area contributed by atoms with Gasteiger partial charge in [-0.3, -0.25) is 4.79 Å². The average molecular weight is 250 g/mol. The molecule has 4 nitrogen and oxygen atoms in total. The molecular formula is C14H22N2O2. The molecule has 1 aromatic carbocycles. The van der Waals surface area contributed by atoms with Crippen molar-refractivity contribution in [3.63, 3.8) is 0 Å².